The SMILES string of the molecule is O=[N+]([O-])c1cc(Cl)c(NCC(O)CCl)cc1F. The molecule has 0 bridgehead atoms. The zero-order chi connectivity index (χ0) is 13.0. The number of aliphatic hydroxyl groups excluding tert-OH is 1. The van der Waals surface area contributed by atoms with Crippen molar-refractivity contribution in [3.63, 3.8) is 0 Å². The van der Waals surface area contributed by atoms with Crippen LogP contribution in [0.15, 0.2) is 12.1 Å². The van der Waals surface area contributed by atoms with Crippen LogP contribution in [0.2, 0.25) is 5.02 Å². The number of nitrogens with zero attached hydrogens (tertiary/aromatic N) is 1. The van der Waals surface area contributed by atoms with Gasteiger partial charge in [0.1, 0.15) is 0 Å². The first-order valence-electron chi connectivity index (χ1n) is 4.57. The molecule has 0 heterocycles. The van der Waals surface area contributed by atoms with Crippen LogP contribution in [0.5, 0.6) is 0 Å². The zero-order valence-corrected chi connectivity index (χ0v) is 10.0. The Balaban J connectivity index is 2.88. The lowest BCUT2D eigenvalue weighted by atomic mass is 10.2. The summed E-state index contributed by atoms with van der Waals surface area (Å²) in [6.07, 6.45) is -0.814. The molecule has 1 atom stereocenters. The first kappa shape index (κ1) is 14.0. The third-order valence-corrected chi connectivity index (χ3v) is 2.61. The maximum absolute atomic E-state index is 13.3. The Morgan fingerprint density at radius 1 is 1.59 bits per heavy atom. The second kappa shape index (κ2) is 6.00. The smallest absolute Gasteiger partial charge is 0.306 e. The van der Waals surface area contributed by atoms with Crippen molar-refractivity contribution in [1.29, 1.82) is 0 Å². The number of alkyl halides is 1. The highest BCUT2D eigenvalue weighted by atomic mass is 35.5. The summed E-state index contributed by atoms with van der Waals surface area (Å²) < 4.78 is 13.3. The second-order valence-electron chi connectivity index (χ2n) is 3.23. The van der Waals surface area contributed by atoms with E-state index >= 15 is 0 Å². The van der Waals surface area contributed by atoms with Gasteiger partial charge in [-0.25, -0.2) is 0 Å². The summed E-state index contributed by atoms with van der Waals surface area (Å²) in [5.41, 5.74) is -0.530. The van der Waals surface area contributed by atoms with E-state index in [-0.39, 0.29) is 23.1 Å². The lowest BCUT2D eigenvalue weighted by molar-refractivity contribution is -0.387. The average molecular weight is 283 g/mol. The lowest BCUT2D eigenvalue weighted by Gasteiger charge is -2.11. The first-order valence-corrected chi connectivity index (χ1v) is 5.48. The Bertz CT molecular complexity index is 431. The van der Waals surface area contributed by atoms with Gasteiger partial charge in [-0.1, -0.05) is 11.6 Å². The number of hydrogen-bond acceptors (Lipinski definition) is 4. The molecular formula is C9H9Cl2FN2O3. The summed E-state index contributed by atoms with van der Waals surface area (Å²) >= 11 is 11.1. The number of anilines is 1. The van der Waals surface area contributed by atoms with E-state index in [9.17, 15) is 19.6 Å². The van der Waals surface area contributed by atoms with Gasteiger partial charge in [-0.2, -0.15) is 4.39 Å². The summed E-state index contributed by atoms with van der Waals surface area (Å²) in [6, 6.07) is 1.81. The molecule has 1 unspecified atom stereocenters. The minimum Gasteiger partial charge on any atom is -0.390 e. The number of nitro groups is 1. The molecule has 17 heavy (non-hydrogen) atoms. The van der Waals surface area contributed by atoms with Crippen molar-refractivity contribution in [1.82, 2.24) is 0 Å². The zero-order valence-electron chi connectivity index (χ0n) is 8.49. The highest BCUT2D eigenvalue weighted by molar-refractivity contribution is 6.33. The summed E-state index contributed by atoms with van der Waals surface area (Å²) in [7, 11) is 0. The Morgan fingerprint density at radius 2 is 2.24 bits per heavy atom. The van der Waals surface area contributed by atoms with Crippen LogP contribution in [-0.4, -0.2) is 28.6 Å². The molecule has 0 aliphatic carbocycles. The van der Waals surface area contributed by atoms with Crippen LogP contribution in [0, 0.1) is 15.9 Å². The molecule has 0 aliphatic rings. The van der Waals surface area contributed by atoms with E-state index in [1.165, 1.54) is 0 Å². The third kappa shape index (κ3) is 3.69. The molecule has 0 spiro atoms. The fourth-order valence-corrected chi connectivity index (χ4v) is 1.43. The summed E-state index contributed by atoms with van der Waals surface area (Å²) in [5.74, 6) is -0.984. The first-order chi connectivity index (χ1) is 7.95. The van der Waals surface area contributed by atoms with Gasteiger partial charge in [0.2, 0.25) is 5.82 Å². The number of nitro benzene ring substituents is 1. The molecule has 94 valence electrons. The largest absolute Gasteiger partial charge is 0.390 e. The molecule has 2 N–H and O–H groups in total. The molecule has 1 rings (SSSR count). The van der Waals surface area contributed by atoms with Gasteiger partial charge in [0, 0.05) is 18.7 Å². The molecule has 5 nitrogen and oxygen atoms in total. The topological polar surface area (TPSA) is 75.4 Å². The fourth-order valence-electron chi connectivity index (χ4n) is 1.09. The van der Waals surface area contributed by atoms with Crippen LogP contribution in [-0.2, 0) is 0 Å². The van der Waals surface area contributed by atoms with Crippen molar-refractivity contribution in [3.8, 4) is 0 Å². The van der Waals surface area contributed by atoms with E-state index in [1.807, 2.05) is 0 Å². The minimum atomic E-state index is -0.998. The maximum atomic E-state index is 13.3. The van der Waals surface area contributed by atoms with Crippen LogP contribution in [0.4, 0.5) is 15.8 Å². The fraction of sp³-hybridized carbons (Fsp3) is 0.333. The van der Waals surface area contributed by atoms with Crippen molar-refractivity contribution in [2.75, 3.05) is 17.7 Å². The summed E-state index contributed by atoms with van der Waals surface area (Å²) in [6.45, 7) is 0.0699. The Labute approximate surface area is 106 Å². The van der Waals surface area contributed by atoms with Crippen LogP contribution < -0.4 is 5.32 Å². The number of aliphatic hydroxyl groups is 1. The molecule has 0 saturated heterocycles. The van der Waals surface area contributed by atoms with Gasteiger partial charge in [-0.05, 0) is 0 Å². The maximum Gasteiger partial charge on any atom is 0.306 e. The van der Waals surface area contributed by atoms with Gasteiger partial charge < -0.3 is 10.4 Å². The summed E-state index contributed by atoms with van der Waals surface area (Å²) in [4.78, 5) is 9.56. The number of benzene rings is 1. The van der Waals surface area contributed by atoms with E-state index in [0.29, 0.717) is 0 Å². The van der Waals surface area contributed by atoms with Crippen molar-refractivity contribution in [2.24, 2.45) is 0 Å². The second-order valence-corrected chi connectivity index (χ2v) is 3.95. The average Bonchev–Trinajstić information content (AvgIpc) is 2.28. The third-order valence-electron chi connectivity index (χ3n) is 1.94. The molecular weight excluding hydrogens is 274 g/mol. The van der Waals surface area contributed by atoms with Crippen molar-refractivity contribution < 1.29 is 14.4 Å². The monoisotopic (exact) mass is 282 g/mol. The number of rotatable bonds is 5. The van der Waals surface area contributed by atoms with E-state index in [2.05, 4.69) is 5.32 Å². The van der Waals surface area contributed by atoms with Crippen LogP contribution in [0.25, 0.3) is 0 Å². The summed E-state index contributed by atoms with van der Waals surface area (Å²) in [5, 5.41) is 22.3. The van der Waals surface area contributed by atoms with Gasteiger partial charge in [0.25, 0.3) is 0 Å². The molecule has 0 fully saturated rings. The molecule has 0 aliphatic heterocycles. The normalized spacial score (nSPS) is 12.2. The van der Waals surface area contributed by atoms with Crippen LogP contribution >= 0.6 is 23.2 Å². The van der Waals surface area contributed by atoms with Gasteiger partial charge >= 0.3 is 5.69 Å². The molecule has 0 amide bonds. The molecule has 0 aromatic heterocycles. The molecule has 0 saturated carbocycles. The van der Waals surface area contributed by atoms with E-state index in [1.54, 1.807) is 0 Å². The predicted octanol–water partition coefficient (Wildman–Crippen LogP) is 2.40. The van der Waals surface area contributed by atoms with Gasteiger partial charge in [-0.3, -0.25) is 10.1 Å². The quantitative estimate of drug-likeness (QED) is 0.494. The van der Waals surface area contributed by atoms with Gasteiger partial charge in [-0.15, -0.1) is 11.6 Å². The van der Waals surface area contributed by atoms with Gasteiger partial charge in [0.05, 0.1) is 27.6 Å². The van der Waals surface area contributed by atoms with E-state index in [4.69, 9.17) is 23.2 Å². The van der Waals surface area contributed by atoms with Crippen LogP contribution in [0.1, 0.15) is 0 Å². The lowest BCUT2D eigenvalue weighted by Crippen LogP contribution is -2.21. The Hall–Kier alpha value is -1.11. The van der Waals surface area contributed by atoms with E-state index < -0.39 is 22.5 Å². The minimum absolute atomic E-state index is 0.000118. The standard InChI is InChI=1S/C9H9Cl2FN2O3/c10-3-5(15)4-13-8-2-7(12)9(14(16)17)1-6(8)11/h1-2,5,13,15H,3-4H2. The van der Waals surface area contributed by atoms with Crippen molar-refractivity contribution in [3.05, 3.63) is 33.1 Å². The Morgan fingerprint density at radius 3 is 2.76 bits per heavy atom. The van der Waals surface area contributed by atoms with Gasteiger partial charge in [0.15, 0.2) is 0 Å². The van der Waals surface area contributed by atoms with E-state index in [0.717, 1.165) is 12.1 Å². The van der Waals surface area contributed by atoms with Crippen LogP contribution in [0.3, 0.4) is 0 Å². The predicted molar refractivity (Wildman–Crippen MR) is 63.3 cm³/mol. The molecule has 0 radical (unpaired) electrons. The molecule has 8 heteroatoms. The Kier molecular flexibility index (Phi) is 4.92. The molecule has 1 aromatic rings. The van der Waals surface area contributed by atoms with Crippen molar-refractivity contribution >= 4 is 34.6 Å². The number of hydrogen-bond donors (Lipinski definition) is 2. The number of halogens is 3. The number of nitrogens with one attached hydrogen (secondary N) is 1. The highest BCUT2D eigenvalue weighted by Crippen LogP contribution is 2.29. The van der Waals surface area contributed by atoms with Crippen molar-refractivity contribution in [2.45, 2.75) is 6.10 Å². The molecule has 1 aromatic carbocycles. The highest BCUT2D eigenvalue weighted by Gasteiger charge is 2.17.